The van der Waals surface area contributed by atoms with E-state index in [1.54, 1.807) is 18.4 Å². The van der Waals surface area contributed by atoms with Gasteiger partial charge in [-0.3, -0.25) is 0 Å². The normalized spacial score (nSPS) is 16.4. The van der Waals surface area contributed by atoms with Crippen LogP contribution in [0.4, 0.5) is 5.13 Å². The SMILES string of the molecule is COc1ccc2sc(N3CCN(C)CC3)nc2c1.Cl. The van der Waals surface area contributed by atoms with Crippen LogP contribution in [0.1, 0.15) is 0 Å². The predicted molar refractivity (Wildman–Crippen MR) is 83.1 cm³/mol. The van der Waals surface area contributed by atoms with Gasteiger partial charge in [0.2, 0.25) is 0 Å². The highest BCUT2D eigenvalue weighted by atomic mass is 35.5. The maximum atomic E-state index is 5.24. The van der Waals surface area contributed by atoms with Crippen LogP contribution in [0.5, 0.6) is 5.75 Å². The minimum Gasteiger partial charge on any atom is -0.497 e. The Morgan fingerprint density at radius 1 is 1.21 bits per heavy atom. The maximum absolute atomic E-state index is 5.24. The summed E-state index contributed by atoms with van der Waals surface area (Å²) in [6.07, 6.45) is 0. The number of ether oxygens (including phenoxy) is 1. The highest BCUT2D eigenvalue weighted by Crippen LogP contribution is 2.31. The molecule has 19 heavy (non-hydrogen) atoms. The fraction of sp³-hybridized carbons (Fsp3) is 0.462. The van der Waals surface area contributed by atoms with Crippen molar-refractivity contribution in [2.24, 2.45) is 0 Å². The minimum absolute atomic E-state index is 0. The van der Waals surface area contributed by atoms with Crippen molar-refractivity contribution in [3.63, 3.8) is 0 Å². The fourth-order valence-corrected chi connectivity index (χ4v) is 3.15. The van der Waals surface area contributed by atoms with Crippen LogP contribution >= 0.6 is 23.7 Å². The molecule has 2 aromatic rings. The zero-order valence-corrected chi connectivity index (χ0v) is 12.8. The van der Waals surface area contributed by atoms with E-state index in [0.29, 0.717) is 0 Å². The lowest BCUT2D eigenvalue weighted by Crippen LogP contribution is -2.44. The third-order valence-corrected chi connectivity index (χ3v) is 4.45. The van der Waals surface area contributed by atoms with Gasteiger partial charge in [-0.25, -0.2) is 4.98 Å². The third kappa shape index (κ3) is 2.94. The van der Waals surface area contributed by atoms with Crippen molar-refractivity contribution in [2.45, 2.75) is 0 Å². The number of fused-ring (bicyclic) bond motifs is 1. The summed E-state index contributed by atoms with van der Waals surface area (Å²) in [4.78, 5) is 9.44. The Bertz CT molecular complexity index is 552. The number of hydrogen-bond acceptors (Lipinski definition) is 5. The molecule has 3 rings (SSSR count). The van der Waals surface area contributed by atoms with E-state index >= 15 is 0 Å². The third-order valence-electron chi connectivity index (χ3n) is 3.36. The van der Waals surface area contributed by atoms with Crippen molar-refractivity contribution < 1.29 is 4.74 Å². The Morgan fingerprint density at radius 3 is 2.63 bits per heavy atom. The first-order valence-electron chi connectivity index (χ1n) is 6.14. The van der Waals surface area contributed by atoms with Crippen LogP contribution < -0.4 is 9.64 Å². The second-order valence-electron chi connectivity index (χ2n) is 4.62. The molecule has 0 N–H and O–H groups in total. The van der Waals surface area contributed by atoms with Gasteiger partial charge in [0.25, 0.3) is 0 Å². The molecular formula is C13H18ClN3OS. The molecule has 0 aliphatic carbocycles. The van der Waals surface area contributed by atoms with Crippen LogP contribution in [0.15, 0.2) is 18.2 Å². The van der Waals surface area contributed by atoms with E-state index in [2.05, 4.69) is 22.9 Å². The summed E-state index contributed by atoms with van der Waals surface area (Å²) >= 11 is 1.76. The number of rotatable bonds is 2. The van der Waals surface area contributed by atoms with E-state index in [0.717, 1.165) is 42.6 Å². The molecule has 2 heterocycles. The molecule has 1 aromatic carbocycles. The van der Waals surface area contributed by atoms with Crippen LogP contribution in [-0.2, 0) is 0 Å². The van der Waals surface area contributed by atoms with Gasteiger partial charge in [-0.05, 0) is 19.2 Å². The topological polar surface area (TPSA) is 28.6 Å². The number of benzene rings is 1. The van der Waals surface area contributed by atoms with Gasteiger partial charge in [-0.15, -0.1) is 12.4 Å². The number of thiazole rings is 1. The van der Waals surface area contributed by atoms with Crippen LogP contribution in [0, 0.1) is 0 Å². The van der Waals surface area contributed by atoms with Crippen molar-refractivity contribution in [1.29, 1.82) is 0 Å². The van der Waals surface area contributed by atoms with E-state index < -0.39 is 0 Å². The Morgan fingerprint density at radius 2 is 1.95 bits per heavy atom. The highest BCUT2D eigenvalue weighted by molar-refractivity contribution is 7.22. The second kappa shape index (κ2) is 5.94. The molecule has 0 spiro atoms. The van der Waals surface area contributed by atoms with Crippen molar-refractivity contribution in [1.82, 2.24) is 9.88 Å². The molecule has 1 aromatic heterocycles. The van der Waals surface area contributed by atoms with Gasteiger partial charge in [0.1, 0.15) is 5.75 Å². The van der Waals surface area contributed by atoms with Crippen molar-refractivity contribution in [3.8, 4) is 5.75 Å². The number of aromatic nitrogens is 1. The van der Waals surface area contributed by atoms with Crippen molar-refractivity contribution in [3.05, 3.63) is 18.2 Å². The summed E-state index contributed by atoms with van der Waals surface area (Å²) in [7, 11) is 3.86. The lowest BCUT2D eigenvalue weighted by atomic mass is 10.3. The highest BCUT2D eigenvalue weighted by Gasteiger charge is 2.17. The Hall–Kier alpha value is -1.04. The maximum Gasteiger partial charge on any atom is 0.186 e. The average Bonchev–Trinajstić information content (AvgIpc) is 2.82. The van der Waals surface area contributed by atoms with E-state index in [9.17, 15) is 0 Å². The fourth-order valence-electron chi connectivity index (χ4n) is 2.16. The lowest BCUT2D eigenvalue weighted by Gasteiger charge is -2.31. The monoisotopic (exact) mass is 299 g/mol. The number of anilines is 1. The second-order valence-corrected chi connectivity index (χ2v) is 5.63. The summed E-state index contributed by atoms with van der Waals surface area (Å²) in [5, 5.41) is 1.13. The smallest absolute Gasteiger partial charge is 0.186 e. The Balaban J connectivity index is 0.00000133. The summed E-state index contributed by atoms with van der Waals surface area (Å²) in [5.74, 6) is 0.873. The first-order chi connectivity index (χ1) is 8.76. The molecule has 0 unspecified atom stereocenters. The van der Waals surface area contributed by atoms with Gasteiger partial charge in [0.15, 0.2) is 5.13 Å². The molecule has 104 valence electrons. The molecule has 6 heteroatoms. The van der Waals surface area contributed by atoms with Crippen molar-refractivity contribution in [2.75, 3.05) is 45.2 Å². The predicted octanol–water partition coefficient (Wildman–Crippen LogP) is 2.48. The molecular weight excluding hydrogens is 282 g/mol. The van der Waals surface area contributed by atoms with Gasteiger partial charge in [-0.1, -0.05) is 11.3 Å². The summed E-state index contributed by atoms with van der Waals surface area (Å²) in [5.41, 5.74) is 1.04. The molecule has 1 aliphatic heterocycles. The quantitative estimate of drug-likeness (QED) is 0.852. The standard InChI is InChI=1S/C13H17N3OS.ClH/c1-15-5-7-16(8-6-15)13-14-11-9-10(17-2)3-4-12(11)18-13;/h3-4,9H,5-8H2,1-2H3;1H. The number of halogens is 1. The van der Waals surface area contributed by atoms with Gasteiger partial charge in [0.05, 0.1) is 17.3 Å². The molecule has 0 radical (unpaired) electrons. The van der Waals surface area contributed by atoms with Crippen LogP contribution in [0.3, 0.4) is 0 Å². The van der Waals surface area contributed by atoms with Crippen LogP contribution in [0.25, 0.3) is 10.2 Å². The minimum atomic E-state index is 0. The first kappa shape index (κ1) is 14.4. The summed E-state index contributed by atoms with van der Waals surface area (Å²) in [6.45, 7) is 4.35. The summed E-state index contributed by atoms with van der Waals surface area (Å²) < 4.78 is 6.46. The number of nitrogens with zero attached hydrogens (tertiary/aromatic N) is 3. The first-order valence-corrected chi connectivity index (χ1v) is 6.96. The number of piperazine rings is 1. The van der Waals surface area contributed by atoms with E-state index in [4.69, 9.17) is 9.72 Å². The van der Waals surface area contributed by atoms with E-state index in [1.807, 2.05) is 12.1 Å². The Kier molecular flexibility index (Phi) is 4.50. The van der Waals surface area contributed by atoms with Gasteiger partial charge >= 0.3 is 0 Å². The molecule has 0 amide bonds. The molecule has 1 saturated heterocycles. The molecule has 1 fully saturated rings. The van der Waals surface area contributed by atoms with Crippen molar-refractivity contribution >= 4 is 39.1 Å². The largest absolute Gasteiger partial charge is 0.497 e. The van der Waals surface area contributed by atoms with E-state index in [1.165, 1.54) is 4.70 Å². The molecule has 0 saturated carbocycles. The average molecular weight is 300 g/mol. The molecule has 4 nitrogen and oxygen atoms in total. The van der Waals surface area contributed by atoms with Crippen LogP contribution in [0.2, 0.25) is 0 Å². The van der Waals surface area contributed by atoms with Gasteiger partial charge < -0.3 is 14.5 Å². The Labute approximate surface area is 123 Å². The molecule has 1 aliphatic rings. The zero-order valence-electron chi connectivity index (χ0n) is 11.1. The number of hydrogen-bond donors (Lipinski definition) is 0. The number of methoxy groups -OCH3 is 1. The van der Waals surface area contributed by atoms with Gasteiger partial charge in [-0.2, -0.15) is 0 Å². The van der Waals surface area contributed by atoms with E-state index in [-0.39, 0.29) is 12.4 Å². The number of likely N-dealkylation sites (N-methyl/N-ethyl adjacent to an activating group) is 1. The lowest BCUT2D eigenvalue weighted by molar-refractivity contribution is 0.313. The van der Waals surface area contributed by atoms with Gasteiger partial charge in [0, 0.05) is 32.2 Å². The molecule has 0 atom stereocenters. The summed E-state index contributed by atoms with van der Waals surface area (Å²) in [6, 6.07) is 6.09. The molecule has 0 bridgehead atoms. The zero-order chi connectivity index (χ0) is 12.5. The van der Waals surface area contributed by atoms with Crippen LogP contribution in [-0.4, -0.2) is 50.2 Å².